The molecule has 0 unspecified atom stereocenters. The summed E-state index contributed by atoms with van der Waals surface area (Å²) in [6.07, 6.45) is 10.7. The van der Waals surface area contributed by atoms with Gasteiger partial charge >= 0.3 is 0 Å². The Morgan fingerprint density at radius 1 is 0.833 bits per heavy atom. The van der Waals surface area contributed by atoms with Crippen LogP contribution in [-0.2, 0) is 9.47 Å². The van der Waals surface area contributed by atoms with Crippen molar-refractivity contribution in [2.75, 3.05) is 26.3 Å². The molecule has 0 aromatic heterocycles. The minimum Gasteiger partial charge on any atom is -0.348 e. The van der Waals surface area contributed by atoms with E-state index in [1.807, 2.05) is 0 Å². The fourth-order valence-electron chi connectivity index (χ4n) is 4.71. The Balaban J connectivity index is 1.30. The lowest BCUT2D eigenvalue weighted by Gasteiger charge is -2.53. The van der Waals surface area contributed by atoms with Gasteiger partial charge in [0.25, 0.3) is 0 Å². The molecule has 0 amide bonds. The second-order valence-electron chi connectivity index (χ2n) is 6.95. The van der Waals surface area contributed by atoms with Crippen LogP contribution in [0.4, 0.5) is 0 Å². The first-order valence-corrected chi connectivity index (χ1v) is 7.81. The van der Waals surface area contributed by atoms with E-state index in [9.17, 15) is 0 Å². The van der Waals surface area contributed by atoms with Crippen molar-refractivity contribution >= 4 is 0 Å². The van der Waals surface area contributed by atoms with E-state index in [4.69, 9.17) is 9.47 Å². The SMILES string of the molecule is C1CCC2(C1)CN(C1CCC3(CC1)OCCO3)C2. The molecule has 4 rings (SSSR count). The van der Waals surface area contributed by atoms with Crippen LogP contribution in [0.5, 0.6) is 0 Å². The number of nitrogens with zero attached hydrogens (tertiary/aromatic N) is 1. The van der Waals surface area contributed by atoms with E-state index in [0.717, 1.165) is 37.5 Å². The standard InChI is InChI=1S/C15H25NO2/c1-2-6-14(5-1)11-16(12-14)13-3-7-15(8-4-13)17-9-10-18-15/h13H,1-12H2. The van der Waals surface area contributed by atoms with Crippen molar-refractivity contribution in [1.82, 2.24) is 4.90 Å². The predicted molar refractivity (Wildman–Crippen MR) is 69.4 cm³/mol. The zero-order valence-corrected chi connectivity index (χ0v) is 11.3. The van der Waals surface area contributed by atoms with Crippen LogP contribution >= 0.6 is 0 Å². The van der Waals surface area contributed by atoms with Gasteiger partial charge in [0.15, 0.2) is 5.79 Å². The predicted octanol–water partition coefficient (Wildman–Crippen LogP) is 2.55. The molecule has 4 aliphatic rings. The molecule has 0 radical (unpaired) electrons. The third-order valence-electron chi connectivity index (χ3n) is 5.79. The first kappa shape index (κ1) is 11.7. The van der Waals surface area contributed by atoms with E-state index in [1.54, 1.807) is 0 Å². The van der Waals surface area contributed by atoms with E-state index < -0.39 is 0 Å². The number of hydrogen-bond acceptors (Lipinski definition) is 3. The maximum absolute atomic E-state index is 5.81. The van der Waals surface area contributed by atoms with Crippen LogP contribution in [0, 0.1) is 5.41 Å². The Bertz CT molecular complexity index is 300. The van der Waals surface area contributed by atoms with E-state index in [0.29, 0.717) is 0 Å². The maximum Gasteiger partial charge on any atom is 0.168 e. The summed E-state index contributed by atoms with van der Waals surface area (Å²) >= 11 is 0. The molecular weight excluding hydrogens is 226 g/mol. The van der Waals surface area contributed by atoms with Crippen molar-refractivity contribution in [3.05, 3.63) is 0 Å². The molecular formula is C15H25NO2. The highest BCUT2D eigenvalue weighted by Crippen LogP contribution is 2.48. The zero-order valence-electron chi connectivity index (χ0n) is 11.3. The third kappa shape index (κ3) is 1.83. The van der Waals surface area contributed by atoms with Crippen molar-refractivity contribution in [3.63, 3.8) is 0 Å². The molecule has 2 aliphatic heterocycles. The van der Waals surface area contributed by atoms with Crippen molar-refractivity contribution in [3.8, 4) is 0 Å². The highest BCUT2D eigenvalue weighted by atomic mass is 16.7. The second kappa shape index (κ2) is 4.19. The minimum atomic E-state index is -0.174. The summed E-state index contributed by atoms with van der Waals surface area (Å²) in [7, 11) is 0. The number of hydrogen-bond donors (Lipinski definition) is 0. The summed E-state index contributed by atoms with van der Waals surface area (Å²) in [6.45, 7) is 4.37. The molecule has 2 saturated carbocycles. The maximum atomic E-state index is 5.81. The summed E-state index contributed by atoms with van der Waals surface area (Å²) in [5.74, 6) is -0.174. The average molecular weight is 251 g/mol. The quantitative estimate of drug-likeness (QED) is 0.715. The number of likely N-dealkylation sites (tertiary alicyclic amines) is 1. The zero-order chi connectivity index (χ0) is 12.1. The molecule has 0 atom stereocenters. The van der Waals surface area contributed by atoms with Crippen molar-refractivity contribution in [1.29, 1.82) is 0 Å². The van der Waals surface area contributed by atoms with Gasteiger partial charge in [-0.2, -0.15) is 0 Å². The van der Waals surface area contributed by atoms with Gasteiger partial charge in [0.1, 0.15) is 0 Å². The lowest BCUT2D eigenvalue weighted by molar-refractivity contribution is -0.189. The lowest BCUT2D eigenvalue weighted by atomic mass is 9.75. The normalized spacial score (nSPS) is 35.3. The molecule has 2 heterocycles. The molecule has 3 nitrogen and oxygen atoms in total. The molecule has 3 heteroatoms. The van der Waals surface area contributed by atoms with Crippen molar-refractivity contribution < 1.29 is 9.47 Å². The van der Waals surface area contributed by atoms with Gasteiger partial charge in [0.05, 0.1) is 13.2 Å². The van der Waals surface area contributed by atoms with Gasteiger partial charge in [-0.3, -0.25) is 4.90 Å². The Hall–Kier alpha value is -0.120. The lowest BCUT2D eigenvalue weighted by Crippen LogP contribution is -2.60. The second-order valence-corrected chi connectivity index (χ2v) is 6.95. The van der Waals surface area contributed by atoms with Crippen LogP contribution in [0.25, 0.3) is 0 Å². The average Bonchev–Trinajstić information content (AvgIpc) is 2.98. The van der Waals surface area contributed by atoms with Gasteiger partial charge < -0.3 is 9.47 Å². The Morgan fingerprint density at radius 2 is 1.44 bits per heavy atom. The van der Waals surface area contributed by atoms with Gasteiger partial charge in [0.2, 0.25) is 0 Å². The van der Waals surface area contributed by atoms with Gasteiger partial charge in [0, 0.05) is 32.0 Å². The van der Waals surface area contributed by atoms with Crippen LogP contribution < -0.4 is 0 Å². The van der Waals surface area contributed by atoms with Crippen LogP contribution in [0.15, 0.2) is 0 Å². The molecule has 4 fully saturated rings. The highest BCUT2D eigenvalue weighted by molar-refractivity contribution is 5.01. The Kier molecular flexibility index (Phi) is 2.72. The molecule has 2 saturated heterocycles. The largest absolute Gasteiger partial charge is 0.348 e. The van der Waals surface area contributed by atoms with Crippen LogP contribution in [0.1, 0.15) is 51.4 Å². The molecule has 0 aromatic rings. The summed E-state index contributed by atoms with van der Waals surface area (Å²) in [4.78, 5) is 2.74. The van der Waals surface area contributed by atoms with Gasteiger partial charge in [-0.05, 0) is 31.1 Å². The smallest absolute Gasteiger partial charge is 0.168 e. The van der Waals surface area contributed by atoms with Crippen LogP contribution in [-0.4, -0.2) is 43.0 Å². The first-order valence-electron chi connectivity index (χ1n) is 7.81. The minimum absolute atomic E-state index is 0.174. The number of rotatable bonds is 1. The number of ether oxygens (including phenoxy) is 2. The topological polar surface area (TPSA) is 21.7 Å². The molecule has 0 N–H and O–H groups in total. The highest BCUT2D eigenvalue weighted by Gasteiger charge is 2.49. The summed E-state index contributed by atoms with van der Waals surface area (Å²) in [5, 5.41) is 0. The van der Waals surface area contributed by atoms with Crippen LogP contribution in [0.2, 0.25) is 0 Å². The fourth-order valence-corrected chi connectivity index (χ4v) is 4.71. The van der Waals surface area contributed by atoms with E-state index in [2.05, 4.69) is 4.90 Å². The summed E-state index contributed by atoms with van der Waals surface area (Å²) in [6, 6.07) is 0.814. The van der Waals surface area contributed by atoms with Crippen molar-refractivity contribution in [2.45, 2.75) is 63.2 Å². The van der Waals surface area contributed by atoms with E-state index in [-0.39, 0.29) is 5.79 Å². The van der Waals surface area contributed by atoms with Gasteiger partial charge in [-0.1, -0.05) is 12.8 Å². The van der Waals surface area contributed by atoms with Crippen molar-refractivity contribution in [2.24, 2.45) is 5.41 Å². The first-order chi connectivity index (χ1) is 8.79. The third-order valence-corrected chi connectivity index (χ3v) is 5.79. The molecule has 0 bridgehead atoms. The molecule has 18 heavy (non-hydrogen) atoms. The fraction of sp³-hybridized carbons (Fsp3) is 1.00. The Labute approximate surface area is 110 Å². The monoisotopic (exact) mass is 251 g/mol. The van der Waals surface area contributed by atoms with Gasteiger partial charge in [-0.25, -0.2) is 0 Å². The van der Waals surface area contributed by atoms with Crippen LogP contribution in [0.3, 0.4) is 0 Å². The molecule has 2 aliphatic carbocycles. The van der Waals surface area contributed by atoms with E-state index >= 15 is 0 Å². The van der Waals surface area contributed by atoms with Gasteiger partial charge in [-0.15, -0.1) is 0 Å². The molecule has 0 aromatic carbocycles. The van der Waals surface area contributed by atoms with E-state index in [1.165, 1.54) is 51.6 Å². The molecule has 102 valence electrons. The Morgan fingerprint density at radius 3 is 2.06 bits per heavy atom. The summed E-state index contributed by atoms with van der Waals surface area (Å²) in [5.41, 5.74) is 0.746. The molecule has 2 spiro atoms. The summed E-state index contributed by atoms with van der Waals surface area (Å²) < 4.78 is 11.6.